The molecule has 0 unspecified atom stereocenters. The highest BCUT2D eigenvalue weighted by Gasteiger charge is 2.33. The molecule has 108 valence electrons. The van der Waals surface area contributed by atoms with Gasteiger partial charge in [0.15, 0.2) is 0 Å². The fourth-order valence-electron chi connectivity index (χ4n) is 3.49. The van der Waals surface area contributed by atoms with E-state index in [2.05, 4.69) is 5.32 Å². The lowest BCUT2D eigenvalue weighted by molar-refractivity contribution is -0.136. The molecule has 1 atom stereocenters. The topological polar surface area (TPSA) is 49.4 Å². The molecule has 0 bridgehead atoms. The Morgan fingerprint density at radius 2 is 1.84 bits per heavy atom. The second-order valence-electron chi connectivity index (χ2n) is 6.18. The summed E-state index contributed by atoms with van der Waals surface area (Å²) in [6, 6.07) is 0.591. The van der Waals surface area contributed by atoms with Crippen LogP contribution in [0.4, 0.5) is 0 Å². The van der Waals surface area contributed by atoms with Gasteiger partial charge in [-0.25, -0.2) is 0 Å². The summed E-state index contributed by atoms with van der Waals surface area (Å²) >= 11 is 0. The van der Waals surface area contributed by atoms with Gasteiger partial charge in [0.2, 0.25) is 5.91 Å². The molecule has 1 aliphatic heterocycles. The van der Waals surface area contributed by atoms with E-state index in [-0.39, 0.29) is 11.7 Å². The Morgan fingerprint density at radius 1 is 1.16 bits per heavy atom. The number of carbonyl (C=O) groups is 2. The summed E-state index contributed by atoms with van der Waals surface area (Å²) in [5.41, 5.74) is 0. The number of nitrogens with zero attached hydrogens (tertiary/aromatic N) is 1. The van der Waals surface area contributed by atoms with Crippen molar-refractivity contribution in [2.75, 3.05) is 20.1 Å². The van der Waals surface area contributed by atoms with Crippen molar-refractivity contribution in [1.82, 2.24) is 10.2 Å². The van der Waals surface area contributed by atoms with Gasteiger partial charge in [-0.1, -0.05) is 0 Å². The van der Waals surface area contributed by atoms with Crippen molar-refractivity contribution in [3.63, 3.8) is 0 Å². The maximum absolute atomic E-state index is 12.4. The average molecular weight is 266 g/mol. The molecule has 1 saturated carbocycles. The molecule has 1 saturated heterocycles. The molecule has 1 amide bonds. The highest BCUT2D eigenvalue weighted by molar-refractivity contribution is 5.79. The Kier molecular flexibility index (Phi) is 4.97. The molecule has 19 heavy (non-hydrogen) atoms. The molecule has 1 N–H and O–H groups in total. The smallest absolute Gasteiger partial charge is 0.225 e. The Labute approximate surface area is 115 Å². The third-order valence-electron chi connectivity index (χ3n) is 4.66. The van der Waals surface area contributed by atoms with E-state index in [9.17, 15) is 9.59 Å². The van der Waals surface area contributed by atoms with Gasteiger partial charge in [0, 0.05) is 31.5 Å². The van der Waals surface area contributed by atoms with E-state index in [4.69, 9.17) is 0 Å². The van der Waals surface area contributed by atoms with Gasteiger partial charge in [0.05, 0.1) is 0 Å². The standard InChI is InChI=1S/C15H26N2O2/c1-11(18)9-12-7-8-17(10-12)15(19)13-3-5-14(16-2)6-4-13/h12-14,16H,3-10H2,1-2H3/t12-,13?,14?/m0/s1. The van der Waals surface area contributed by atoms with E-state index in [1.165, 1.54) is 0 Å². The summed E-state index contributed by atoms with van der Waals surface area (Å²) < 4.78 is 0. The van der Waals surface area contributed by atoms with Crippen LogP contribution in [0.1, 0.15) is 45.4 Å². The minimum absolute atomic E-state index is 0.223. The van der Waals surface area contributed by atoms with Gasteiger partial charge in [-0.3, -0.25) is 4.79 Å². The van der Waals surface area contributed by atoms with Gasteiger partial charge in [0.1, 0.15) is 5.78 Å². The minimum Gasteiger partial charge on any atom is -0.342 e. The number of likely N-dealkylation sites (tertiary alicyclic amines) is 1. The number of rotatable bonds is 4. The highest BCUT2D eigenvalue weighted by atomic mass is 16.2. The zero-order chi connectivity index (χ0) is 13.8. The van der Waals surface area contributed by atoms with E-state index in [0.717, 1.165) is 45.2 Å². The molecule has 0 radical (unpaired) electrons. The quantitative estimate of drug-likeness (QED) is 0.840. The molecule has 2 rings (SSSR count). The summed E-state index contributed by atoms with van der Waals surface area (Å²) in [4.78, 5) is 25.6. The van der Waals surface area contributed by atoms with Gasteiger partial charge >= 0.3 is 0 Å². The van der Waals surface area contributed by atoms with Gasteiger partial charge in [-0.2, -0.15) is 0 Å². The minimum atomic E-state index is 0.223. The average Bonchev–Trinajstić information content (AvgIpc) is 2.85. The molecule has 1 heterocycles. The van der Waals surface area contributed by atoms with E-state index in [1.807, 2.05) is 11.9 Å². The van der Waals surface area contributed by atoms with E-state index >= 15 is 0 Å². The van der Waals surface area contributed by atoms with E-state index in [0.29, 0.717) is 24.3 Å². The first-order valence-corrected chi connectivity index (χ1v) is 7.55. The summed E-state index contributed by atoms with van der Waals surface area (Å²) in [5.74, 6) is 1.20. The zero-order valence-corrected chi connectivity index (χ0v) is 12.2. The van der Waals surface area contributed by atoms with Crippen LogP contribution in [-0.2, 0) is 9.59 Å². The molecular weight excluding hydrogens is 240 g/mol. The molecule has 2 aliphatic rings. The Balaban J connectivity index is 1.80. The fraction of sp³-hybridized carbons (Fsp3) is 0.867. The predicted octanol–water partition coefficient (Wildman–Crippen LogP) is 1.59. The summed E-state index contributed by atoms with van der Waals surface area (Å²) in [5, 5.41) is 3.30. The lowest BCUT2D eigenvalue weighted by Gasteiger charge is -2.30. The molecule has 4 nitrogen and oxygen atoms in total. The summed E-state index contributed by atoms with van der Waals surface area (Å²) in [7, 11) is 2.00. The molecule has 1 aliphatic carbocycles. The molecule has 0 aromatic carbocycles. The van der Waals surface area contributed by atoms with Crippen LogP contribution in [-0.4, -0.2) is 42.8 Å². The number of carbonyl (C=O) groups excluding carboxylic acids is 2. The Hall–Kier alpha value is -0.900. The first kappa shape index (κ1) is 14.5. The predicted molar refractivity (Wildman–Crippen MR) is 74.8 cm³/mol. The third kappa shape index (κ3) is 3.78. The van der Waals surface area contributed by atoms with Crippen LogP contribution >= 0.6 is 0 Å². The van der Waals surface area contributed by atoms with Crippen molar-refractivity contribution < 1.29 is 9.59 Å². The third-order valence-corrected chi connectivity index (χ3v) is 4.66. The van der Waals surface area contributed by atoms with Gasteiger partial charge in [-0.05, 0) is 52.0 Å². The fourth-order valence-corrected chi connectivity index (χ4v) is 3.49. The van der Waals surface area contributed by atoms with Crippen molar-refractivity contribution in [2.45, 2.75) is 51.5 Å². The first-order chi connectivity index (χ1) is 9.10. The Bertz CT molecular complexity index is 335. The van der Waals surface area contributed by atoms with Crippen molar-refractivity contribution in [3.05, 3.63) is 0 Å². The number of amides is 1. The Morgan fingerprint density at radius 3 is 2.42 bits per heavy atom. The highest BCUT2D eigenvalue weighted by Crippen LogP contribution is 2.28. The van der Waals surface area contributed by atoms with E-state index in [1.54, 1.807) is 6.92 Å². The number of hydrogen-bond acceptors (Lipinski definition) is 3. The maximum atomic E-state index is 12.4. The number of nitrogens with one attached hydrogen (secondary N) is 1. The normalized spacial score (nSPS) is 31.5. The van der Waals surface area contributed by atoms with Gasteiger partial charge in [0.25, 0.3) is 0 Å². The van der Waals surface area contributed by atoms with Crippen LogP contribution < -0.4 is 5.32 Å². The maximum Gasteiger partial charge on any atom is 0.225 e. The number of hydrogen-bond donors (Lipinski definition) is 1. The molecule has 2 fully saturated rings. The molecule has 0 aromatic rings. The summed E-state index contributed by atoms with van der Waals surface area (Å²) in [6.07, 6.45) is 5.87. The largest absolute Gasteiger partial charge is 0.342 e. The second kappa shape index (κ2) is 6.51. The van der Waals surface area contributed by atoms with Crippen LogP contribution in [0.2, 0.25) is 0 Å². The van der Waals surface area contributed by atoms with Crippen molar-refractivity contribution >= 4 is 11.7 Å². The van der Waals surface area contributed by atoms with Crippen molar-refractivity contribution in [3.8, 4) is 0 Å². The molecule has 4 heteroatoms. The second-order valence-corrected chi connectivity index (χ2v) is 6.18. The van der Waals surface area contributed by atoms with Gasteiger partial charge in [-0.15, -0.1) is 0 Å². The lowest BCUT2D eigenvalue weighted by Crippen LogP contribution is -2.39. The first-order valence-electron chi connectivity index (χ1n) is 7.55. The molecule has 0 aromatic heterocycles. The number of ketones is 1. The van der Waals surface area contributed by atoms with E-state index < -0.39 is 0 Å². The number of Topliss-reactive ketones (excluding diaryl/α,β-unsaturated/α-hetero) is 1. The SMILES string of the molecule is CNC1CCC(C(=O)N2CC[C@@H](CC(C)=O)C2)CC1. The molecule has 0 spiro atoms. The zero-order valence-electron chi connectivity index (χ0n) is 12.2. The van der Waals surface area contributed by atoms with Crippen LogP contribution in [0.25, 0.3) is 0 Å². The van der Waals surface area contributed by atoms with Crippen molar-refractivity contribution in [2.24, 2.45) is 11.8 Å². The van der Waals surface area contributed by atoms with Crippen LogP contribution in [0.5, 0.6) is 0 Å². The van der Waals surface area contributed by atoms with Crippen molar-refractivity contribution in [1.29, 1.82) is 0 Å². The monoisotopic (exact) mass is 266 g/mol. The van der Waals surface area contributed by atoms with Crippen LogP contribution in [0, 0.1) is 11.8 Å². The van der Waals surface area contributed by atoms with Gasteiger partial charge < -0.3 is 15.0 Å². The van der Waals surface area contributed by atoms with Crippen LogP contribution in [0.15, 0.2) is 0 Å². The summed E-state index contributed by atoms with van der Waals surface area (Å²) in [6.45, 7) is 3.29. The van der Waals surface area contributed by atoms with Crippen LogP contribution in [0.3, 0.4) is 0 Å². The molecular formula is C15H26N2O2. The lowest BCUT2D eigenvalue weighted by atomic mass is 9.85.